The third kappa shape index (κ3) is 4.14. The van der Waals surface area contributed by atoms with Crippen LogP contribution in [0.25, 0.3) is 81.9 Å². The van der Waals surface area contributed by atoms with Crippen molar-refractivity contribution in [3.05, 3.63) is 214 Å². The van der Waals surface area contributed by atoms with Crippen LogP contribution in [0.3, 0.4) is 0 Å². The molecule has 10 aromatic rings. The summed E-state index contributed by atoms with van der Waals surface area (Å²) in [4.78, 5) is 2.49. The molecule has 266 valence electrons. The summed E-state index contributed by atoms with van der Waals surface area (Å²) in [6, 6.07) is 64.0. The molecule has 3 aliphatic carbocycles. The summed E-state index contributed by atoms with van der Waals surface area (Å²) < 4.78 is 1.37. The number of hydrogen-bond acceptors (Lipinski definition) is 2. The molecule has 0 bridgehead atoms. The molecule has 9 aromatic carbocycles. The van der Waals surface area contributed by atoms with Gasteiger partial charge in [0.05, 0.1) is 5.41 Å². The quantitative estimate of drug-likeness (QED) is 0.135. The average molecular weight is 759 g/mol. The maximum Gasteiger partial charge on any atom is 0.0726 e. The van der Waals surface area contributed by atoms with Gasteiger partial charge in [-0.3, -0.25) is 0 Å². The van der Waals surface area contributed by atoms with Crippen LogP contribution in [0.15, 0.2) is 181 Å². The Morgan fingerprint density at radius 3 is 1.81 bits per heavy atom. The number of hydrogen-bond donors (Lipinski definition) is 1. The van der Waals surface area contributed by atoms with E-state index in [0.29, 0.717) is 5.92 Å². The van der Waals surface area contributed by atoms with Crippen LogP contribution in [0.2, 0.25) is 0 Å². The number of allylic oxidation sites excluding steroid dienone is 1. The summed E-state index contributed by atoms with van der Waals surface area (Å²) in [6.07, 6.45) is 5.76. The van der Waals surface area contributed by atoms with Gasteiger partial charge in [-0.05, 0) is 123 Å². The summed E-state index contributed by atoms with van der Waals surface area (Å²) >= 11 is 7.22. The highest BCUT2D eigenvalue weighted by atomic mass is 32.1. The highest BCUT2D eigenvalue weighted by Gasteiger charge is 2.51. The second-order valence-electron chi connectivity index (χ2n) is 16.0. The van der Waals surface area contributed by atoms with E-state index in [2.05, 4.69) is 182 Å². The van der Waals surface area contributed by atoms with Crippen LogP contribution < -0.4 is 0 Å². The summed E-state index contributed by atoms with van der Waals surface area (Å²) in [5, 5.41) is 9.47. The van der Waals surface area contributed by atoms with Crippen molar-refractivity contribution in [2.45, 2.75) is 22.6 Å². The highest BCUT2D eigenvalue weighted by Crippen LogP contribution is 2.64. The normalized spacial score (nSPS) is 15.6. The molecule has 0 saturated heterocycles. The van der Waals surface area contributed by atoms with Gasteiger partial charge in [-0.25, -0.2) is 0 Å². The Bertz CT molecular complexity index is 3320. The lowest BCUT2D eigenvalue weighted by molar-refractivity contribution is 0.784. The SMILES string of the molecule is Sc1c(-c2ccccc2)cccc1-c1ccc2c(c1)C1(c3cc(C4CC=Cc5c4sc4ccccc54)ccc3-2)c2cccc3c4ccccc4c4cccc1c4c23. The monoisotopic (exact) mass is 758 g/mol. The molecule has 0 saturated carbocycles. The number of rotatable bonds is 3. The van der Waals surface area contributed by atoms with E-state index in [1.807, 2.05) is 11.3 Å². The fourth-order valence-electron chi connectivity index (χ4n) is 11.0. The van der Waals surface area contributed by atoms with Crippen molar-refractivity contribution in [3.8, 4) is 33.4 Å². The lowest BCUT2D eigenvalue weighted by Gasteiger charge is -2.32. The van der Waals surface area contributed by atoms with E-state index in [9.17, 15) is 0 Å². The van der Waals surface area contributed by atoms with Gasteiger partial charge in [0.15, 0.2) is 0 Å². The minimum Gasteiger partial charge on any atom is -0.142 e. The first-order valence-electron chi connectivity index (χ1n) is 19.9. The summed E-state index contributed by atoms with van der Waals surface area (Å²) in [5.74, 6) is 0.300. The Morgan fingerprint density at radius 2 is 1.07 bits per heavy atom. The fourth-order valence-corrected chi connectivity index (χ4v) is 12.7. The van der Waals surface area contributed by atoms with Crippen molar-refractivity contribution in [2.75, 3.05) is 0 Å². The molecule has 0 fully saturated rings. The van der Waals surface area contributed by atoms with Crippen LogP contribution in [-0.4, -0.2) is 0 Å². The number of thiol groups is 1. The number of benzene rings is 9. The van der Waals surface area contributed by atoms with Gasteiger partial charge in [0.25, 0.3) is 0 Å². The van der Waals surface area contributed by atoms with E-state index in [1.54, 1.807) is 0 Å². The van der Waals surface area contributed by atoms with E-state index >= 15 is 0 Å². The molecule has 1 aromatic heterocycles. The van der Waals surface area contributed by atoms with Crippen molar-refractivity contribution in [1.82, 2.24) is 0 Å². The van der Waals surface area contributed by atoms with Crippen LogP contribution in [0.5, 0.6) is 0 Å². The van der Waals surface area contributed by atoms with Gasteiger partial charge in [-0.15, -0.1) is 24.0 Å². The van der Waals surface area contributed by atoms with E-state index in [-0.39, 0.29) is 0 Å². The predicted molar refractivity (Wildman–Crippen MR) is 245 cm³/mol. The van der Waals surface area contributed by atoms with Gasteiger partial charge in [0, 0.05) is 20.4 Å². The molecule has 1 spiro atoms. The molecular formula is C55H34S2. The van der Waals surface area contributed by atoms with Gasteiger partial charge < -0.3 is 0 Å². The number of thiophene rings is 1. The molecule has 0 N–H and O–H groups in total. The Labute approximate surface area is 340 Å². The zero-order valence-corrected chi connectivity index (χ0v) is 32.7. The molecule has 0 radical (unpaired) electrons. The zero-order valence-electron chi connectivity index (χ0n) is 31.0. The van der Waals surface area contributed by atoms with Crippen molar-refractivity contribution in [2.24, 2.45) is 0 Å². The molecule has 0 aliphatic heterocycles. The Balaban J connectivity index is 1.11. The van der Waals surface area contributed by atoms with Crippen LogP contribution in [0, 0.1) is 0 Å². The average Bonchev–Trinajstić information content (AvgIpc) is 3.90. The Hall–Kier alpha value is -6.19. The summed E-state index contributed by atoms with van der Waals surface area (Å²) in [7, 11) is 0. The van der Waals surface area contributed by atoms with Gasteiger partial charge in [-0.1, -0.05) is 170 Å². The van der Waals surface area contributed by atoms with Crippen molar-refractivity contribution >= 4 is 72.4 Å². The largest absolute Gasteiger partial charge is 0.142 e. The zero-order chi connectivity index (χ0) is 37.4. The summed E-state index contributed by atoms with van der Waals surface area (Å²) in [6.45, 7) is 0. The molecule has 1 heterocycles. The smallest absolute Gasteiger partial charge is 0.0726 e. The molecule has 1 atom stereocenters. The van der Waals surface area contributed by atoms with Gasteiger partial charge >= 0.3 is 0 Å². The molecule has 0 amide bonds. The topological polar surface area (TPSA) is 0 Å². The van der Waals surface area contributed by atoms with E-state index in [4.69, 9.17) is 12.6 Å². The predicted octanol–water partition coefficient (Wildman–Crippen LogP) is 15.2. The van der Waals surface area contributed by atoms with Crippen LogP contribution >= 0.6 is 24.0 Å². The minimum absolute atomic E-state index is 0.300. The van der Waals surface area contributed by atoms with Crippen molar-refractivity contribution in [3.63, 3.8) is 0 Å². The maximum absolute atomic E-state index is 5.25. The van der Waals surface area contributed by atoms with Crippen molar-refractivity contribution in [1.29, 1.82) is 0 Å². The molecule has 2 heteroatoms. The molecular weight excluding hydrogens is 725 g/mol. The van der Waals surface area contributed by atoms with Gasteiger partial charge in [0.1, 0.15) is 0 Å². The second-order valence-corrected chi connectivity index (χ2v) is 17.5. The first-order valence-corrected chi connectivity index (χ1v) is 21.2. The second kappa shape index (κ2) is 11.7. The lowest BCUT2D eigenvalue weighted by Crippen LogP contribution is -2.26. The van der Waals surface area contributed by atoms with Crippen LogP contribution in [0.1, 0.15) is 50.6 Å². The third-order valence-corrected chi connectivity index (χ3v) is 15.1. The summed E-state index contributed by atoms with van der Waals surface area (Å²) in [5.41, 5.74) is 15.2. The molecule has 0 nitrogen and oxygen atoms in total. The molecule has 3 aliphatic rings. The standard InChI is InChI=1S/C55H34S2/c56-53-35(32-12-2-1-3-13-32)17-8-18-36(53)33-26-28-40-41-29-27-34(37-19-9-22-45-42-16-6-7-25-50(42)57-54(37)45)31-49(41)55(48(40)30-33)46-23-10-20-43-38-14-4-5-15-39(38)44-21-11-24-47(55)52(44)51(43)46/h1-18,20-31,37,56H,19H2. The Kier molecular flexibility index (Phi) is 6.55. The van der Waals surface area contributed by atoms with E-state index in [0.717, 1.165) is 22.4 Å². The molecule has 57 heavy (non-hydrogen) atoms. The van der Waals surface area contributed by atoms with Crippen molar-refractivity contribution < 1.29 is 0 Å². The van der Waals surface area contributed by atoms with Crippen LogP contribution in [0.4, 0.5) is 0 Å². The third-order valence-electron chi connectivity index (χ3n) is 13.3. The maximum atomic E-state index is 5.25. The van der Waals surface area contributed by atoms with Gasteiger partial charge in [0.2, 0.25) is 0 Å². The van der Waals surface area contributed by atoms with E-state index in [1.165, 1.54) is 103 Å². The fraction of sp³-hybridized carbons (Fsp3) is 0.0545. The first-order chi connectivity index (χ1) is 28.2. The molecule has 1 unspecified atom stereocenters. The lowest BCUT2D eigenvalue weighted by atomic mass is 9.69. The Morgan fingerprint density at radius 1 is 0.474 bits per heavy atom. The minimum atomic E-state index is -0.489. The first kappa shape index (κ1) is 32.0. The van der Waals surface area contributed by atoms with E-state index < -0.39 is 5.41 Å². The highest BCUT2D eigenvalue weighted by molar-refractivity contribution is 7.80. The molecule has 13 rings (SSSR count). The van der Waals surface area contributed by atoms with Gasteiger partial charge in [-0.2, -0.15) is 0 Å². The van der Waals surface area contributed by atoms with Crippen LogP contribution in [-0.2, 0) is 5.41 Å². The number of fused-ring (bicyclic) bond motifs is 13.